The number of carbonyl (C=O) groups is 1. The average molecular weight is 342 g/mol. The predicted molar refractivity (Wildman–Crippen MR) is 87.8 cm³/mol. The van der Waals surface area contributed by atoms with E-state index in [4.69, 9.17) is 27.9 Å². The molecule has 0 unspecified atom stereocenters. The normalized spacial score (nSPS) is 12.3. The first-order valence-corrected chi connectivity index (χ1v) is 7.60. The highest BCUT2D eigenvalue weighted by Crippen LogP contribution is 2.28. The highest BCUT2D eigenvalue weighted by atomic mass is 35.5. The molecule has 1 aromatic carbocycles. The molecule has 0 aliphatic heterocycles. The van der Waals surface area contributed by atoms with Crippen molar-refractivity contribution in [1.82, 2.24) is 9.78 Å². The summed E-state index contributed by atoms with van der Waals surface area (Å²) in [7, 11) is 0. The fraction of sp³-hybridized carbons (Fsp3) is 0.333. The van der Waals surface area contributed by atoms with Crippen LogP contribution in [0.4, 0.5) is 5.82 Å². The minimum absolute atomic E-state index is 0.146. The van der Waals surface area contributed by atoms with E-state index in [1.54, 1.807) is 42.1 Å². The van der Waals surface area contributed by atoms with Crippen molar-refractivity contribution >= 4 is 34.9 Å². The zero-order chi connectivity index (χ0) is 16.3. The lowest BCUT2D eigenvalue weighted by Crippen LogP contribution is -2.31. The van der Waals surface area contributed by atoms with Crippen LogP contribution in [0.15, 0.2) is 30.5 Å². The molecule has 1 atom stereocenters. The zero-order valence-corrected chi connectivity index (χ0v) is 14.0. The third-order valence-electron chi connectivity index (χ3n) is 2.98. The quantitative estimate of drug-likeness (QED) is 0.887. The van der Waals surface area contributed by atoms with Crippen LogP contribution >= 0.6 is 23.2 Å². The fourth-order valence-electron chi connectivity index (χ4n) is 1.87. The lowest BCUT2D eigenvalue weighted by atomic mass is 10.3. The summed E-state index contributed by atoms with van der Waals surface area (Å²) in [5.41, 5.74) is 0. The monoisotopic (exact) mass is 341 g/mol. The summed E-state index contributed by atoms with van der Waals surface area (Å²) in [6, 6.07) is 6.73. The van der Waals surface area contributed by atoms with E-state index in [2.05, 4.69) is 10.4 Å². The Morgan fingerprint density at radius 1 is 1.27 bits per heavy atom. The molecule has 0 aliphatic rings. The molecule has 2 rings (SSSR count). The highest BCUT2D eigenvalue weighted by molar-refractivity contribution is 6.35. The number of halogens is 2. The molecule has 0 saturated carbocycles. The first-order chi connectivity index (χ1) is 10.4. The molecule has 5 nitrogen and oxygen atoms in total. The van der Waals surface area contributed by atoms with Crippen LogP contribution in [0.2, 0.25) is 10.0 Å². The summed E-state index contributed by atoms with van der Waals surface area (Å²) in [6.45, 7) is 5.61. The Morgan fingerprint density at radius 2 is 2.00 bits per heavy atom. The van der Waals surface area contributed by atoms with E-state index in [9.17, 15) is 4.79 Å². The van der Waals surface area contributed by atoms with Crippen LogP contribution in [0.3, 0.4) is 0 Å². The lowest BCUT2D eigenvalue weighted by Gasteiger charge is -2.17. The van der Waals surface area contributed by atoms with E-state index in [0.717, 1.165) is 0 Å². The maximum atomic E-state index is 12.2. The first kappa shape index (κ1) is 16.6. The molecular weight excluding hydrogens is 325 g/mol. The number of nitrogens with one attached hydrogen (secondary N) is 1. The molecule has 0 radical (unpaired) electrons. The molecular formula is C15H17Cl2N3O2. The molecule has 0 fully saturated rings. The second-order valence-electron chi connectivity index (χ2n) is 5.08. The SMILES string of the molecule is CC(C)n1nccc1NC(=O)[C@@H](C)Oc1ccc(Cl)cc1Cl. The predicted octanol–water partition coefficient (Wildman–Crippen LogP) is 4.18. The second kappa shape index (κ2) is 7.03. The standard InChI is InChI=1S/C15H17Cl2N3O2/c1-9(2)20-14(6-7-18-20)19-15(21)10(3)22-13-5-4-11(16)8-12(13)17/h4-10H,1-3H3,(H,19,21)/t10-/m1/s1. The number of carbonyl (C=O) groups excluding carboxylic acids is 1. The molecule has 0 spiro atoms. The van der Waals surface area contributed by atoms with Crippen LogP contribution in [0, 0.1) is 0 Å². The van der Waals surface area contributed by atoms with Gasteiger partial charge >= 0.3 is 0 Å². The smallest absolute Gasteiger partial charge is 0.266 e. The van der Waals surface area contributed by atoms with E-state index in [0.29, 0.717) is 21.6 Å². The van der Waals surface area contributed by atoms with Crippen LogP contribution in [0.25, 0.3) is 0 Å². The molecule has 1 N–H and O–H groups in total. The van der Waals surface area contributed by atoms with E-state index in [1.165, 1.54) is 0 Å². The number of hydrogen-bond acceptors (Lipinski definition) is 3. The molecule has 118 valence electrons. The number of benzene rings is 1. The summed E-state index contributed by atoms with van der Waals surface area (Å²) in [5.74, 6) is 0.747. The lowest BCUT2D eigenvalue weighted by molar-refractivity contribution is -0.122. The van der Waals surface area contributed by atoms with Gasteiger partial charge in [0.1, 0.15) is 11.6 Å². The first-order valence-electron chi connectivity index (χ1n) is 6.84. The number of rotatable bonds is 5. The van der Waals surface area contributed by atoms with Crippen LogP contribution < -0.4 is 10.1 Å². The molecule has 0 saturated heterocycles. The number of amides is 1. The number of anilines is 1. The number of nitrogens with zero attached hydrogens (tertiary/aromatic N) is 2. The van der Waals surface area contributed by atoms with Crippen molar-refractivity contribution in [2.75, 3.05) is 5.32 Å². The van der Waals surface area contributed by atoms with E-state index >= 15 is 0 Å². The minimum atomic E-state index is -0.714. The average Bonchev–Trinajstić information content (AvgIpc) is 2.90. The summed E-state index contributed by atoms with van der Waals surface area (Å²) in [4.78, 5) is 12.2. The van der Waals surface area contributed by atoms with Crippen molar-refractivity contribution in [3.05, 3.63) is 40.5 Å². The second-order valence-corrected chi connectivity index (χ2v) is 5.92. The highest BCUT2D eigenvalue weighted by Gasteiger charge is 2.18. The van der Waals surface area contributed by atoms with Crippen LogP contribution in [0.5, 0.6) is 5.75 Å². The molecule has 1 heterocycles. The van der Waals surface area contributed by atoms with Crippen molar-refractivity contribution in [3.63, 3.8) is 0 Å². The minimum Gasteiger partial charge on any atom is -0.479 e. The van der Waals surface area contributed by atoms with Gasteiger partial charge in [0.15, 0.2) is 6.10 Å². The van der Waals surface area contributed by atoms with Crippen LogP contribution in [-0.2, 0) is 4.79 Å². The largest absolute Gasteiger partial charge is 0.479 e. The zero-order valence-electron chi connectivity index (χ0n) is 12.5. The molecule has 2 aromatic rings. The van der Waals surface area contributed by atoms with Gasteiger partial charge in [0, 0.05) is 17.1 Å². The van der Waals surface area contributed by atoms with Gasteiger partial charge in [-0.25, -0.2) is 4.68 Å². The van der Waals surface area contributed by atoms with E-state index < -0.39 is 6.10 Å². The summed E-state index contributed by atoms with van der Waals surface area (Å²) in [6.07, 6.45) is 0.922. The Hall–Kier alpha value is -1.72. The molecule has 1 aromatic heterocycles. The van der Waals surface area contributed by atoms with Gasteiger partial charge in [0.2, 0.25) is 0 Å². The maximum absolute atomic E-state index is 12.2. The van der Waals surface area contributed by atoms with Crippen molar-refractivity contribution in [3.8, 4) is 5.75 Å². The number of aromatic nitrogens is 2. The molecule has 0 bridgehead atoms. The van der Waals surface area contributed by atoms with E-state index in [-0.39, 0.29) is 11.9 Å². The van der Waals surface area contributed by atoms with Crippen molar-refractivity contribution < 1.29 is 9.53 Å². The fourth-order valence-corrected chi connectivity index (χ4v) is 2.32. The number of hydrogen-bond donors (Lipinski definition) is 1. The van der Waals surface area contributed by atoms with Crippen molar-refractivity contribution in [2.45, 2.75) is 32.9 Å². The Labute approximate surface area is 139 Å². The third-order valence-corrected chi connectivity index (χ3v) is 3.51. The van der Waals surface area contributed by atoms with E-state index in [1.807, 2.05) is 13.8 Å². The van der Waals surface area contributed by atoms with Crippen LogP contribution in [-0.4, -0.2) is 21.8 Å². The Balaban J connectivity index is 2.04. The van der Waals surface area contributed by atoms with Gasteiger partial charge in [0.05, 0.1) is 11.2 Å². The Bertz CT molecular complexity index is 671. The molecule has 0 aliphatic carbocycles. The van der Waals surface area contributed by atoms with Crippen molar-refractivity contribution in [1.29, 1.82) is 0 Å². The Kier molecular flexibility index (Phi) is 5.32. The van der Waals surface area contributed by atoms with Gasteiger partial charge in [-0.1, -0.05) is 23.2 Å². The molecule has 1 amide bonds. The van der Waals surface area contributed by atoms with Gasteiger partial charge in [-0.3, -0.25) is 4.79 Å². The summed E-state index contributed by atoms with van der Waals surface area (Å²) >= 11 is 11.9. The van der Waals surface area contributed by atoms with Gasteiger partial charge < -0.3 is 10.1 Å². The van der Waals surface area contributed by atoms with Gasteiger partial charge in [-0.15, -0.1) is 0 Å². The van der Waals surface area contributed by atoms with Gasteiger partial charge in [-0.2, -0.15) is 5.10 Å². The number of ether oxygens (including phenoxy) is 1. The third kappa shape index (κ3) is 3.93. The Morgan fingerprint density at radius 3 is 2.64 bits per heavy atom. The summed E-state index contributed by atoms with van der Waals surface area (Å²) in [5, 5.41) is 7.82. The topological polar surface area (TPSA) is 56.2 Å². The van der Waals surface area contributed by atoms with Crippen molar-refractivity contribution in [2.24, 2.45) is 0 Å². The summed E-state index contributed by atoms with van der Waals surface area (Å²) < 4.78 is 7.30. The van der Waals surface area contributed by atoms with Crippen LogP contribution in [0.1, 0.15) is 26.8 Å². The molecule has 22 heavy (non-hydrogen) atoms. The van der Waals surface area contributed by atoms with Gasteiger partial charge in [-0.05, 0) is 39.0 Å². The molecule has 7 heteroatoms. The maximum Gasteiger partial charge on any atom is 0.266 e. The van der Waals surface area contributed by atoms with Gasteiger partial charge in [0.25, 0.3) is 5.91 Å².